The molecule has 2 aliphatic rings. The first kappa shape index (κ1) is 30.5. The molecular weight excluding hydrogens is 522 g/mol. The number of piperidine rings is 1. The molecule has 2 heterocycles. The van der Waals surface area contributed by atoms with Crippen molar-refractivity contribution in [3.05, 3.63) is 82.2 Å². The lowest BCUT2D eigenvalue weighted by Crippen LogP contribution is -2.44. The molecule has 0 bridgehead atoms. The van der Waals surface area contributed by atoms with Crippen LogP contribution in [-0.2, 0) is 15.9 Å². The molecular formula is C30H37ClF2N4O2. The summed E-state index contributed by atoms with van der Waals surface area (Å²) in [4.78, 5) is 34.1. The Hall–Kier alpha value is -3.02. The molecule has 0 aliphatic carbocycles. The van der Waals surface area contributed by atoms with Gasteiger partial charge in [-0.1, -0.05) is 56.5 Å². The number of amides is 3. The highest BCUT2D eigenvalue weighted by Gasteiger charge is 2.52. The first-order chi connectivity index (χ1) is 18.3. The van der Waals surface area contributed by atoms with Gasteiger partial charge in [0.25, 0.3) is 11.4 Å². The van der Waals surface area contributed by atoms with Crippen LogP contribution in [0.5, 0.6) is 0 Å². The van der Waals surface area contributed by atoms with E-state index in [4.69, 9.17) is 6.57 Å². The van der Waals surface area contributed by atoms with E-state index in [1.165, 1.54) is 11.0 Å². The number of carbonyl (C=O) groups excluding carboxylic acids is 2. The molecule has 9 heteroatoms. The monoisotopic (exact) mass is 558 g/mol. The van der Waals surface area contributed by atoms with Gasteiger partial charge in [-0.3, -0.25) is 9.69 Å². The smallest absolute Gasteiger partial charge is 0.319 e. The van der Waals surface area contributed by atoms with Crippen LogP contribution in [0.25, 0.3) is 4.85 Å². The Morgan fingerprint density at radius 1 is 1.00 bits per heavy atom. The zero-order valence-electron chi connectivity index (χ0n) is 22.6. The van der Waals surface area contributed by atoms with Crippen LogP contribution in [0.4, 0.5) is 13.6 Å². The summed E-state index contributed by atoms with van der Waals surface area (Å²) in [6.07, 6.45) is 4.86. The van der Waals surface area contributed by atoms with Gasteiger partial charge in [0, 0.05) is 38.0 Å². The summed E-state index contributed by atoms with van der Waals surface area (Å²) in [6, 6.07) is 11.0. The number of imide groups is 1. The van der Waals surface area contributed by atoms with Gasteiger partial charge in [-0.25, -0.2) is 20.1 Å². The third-order valence-electron chi connectivity index (χ3n) is 8.14. The van der Waals surface area contributed by atoms with E-state index in [0.29, 0.717) is 25.8 Å². The molecule has 39 heavy (non-hydrogen) atoms. The Labute approximate surface area is 236 Å². The first-order valence-electron chi connectivity index (χ1n) is 13.5. The summed E-state index contributed by atoms with van der Waals surface area (Å²) < 4.78 is 27.7. The normalized spacial score (nSPS) is 20.8. The van der Waals surface area contributed by atoms with Crippen molar-refractivity contribution in [2.75, 3.05) is 26.2 Å². The Morgan fingerprint density at radius 2 is 1.72 bits per heavy atom. The van der Waals surface area contributed by atoms with Crippen molar-refractivity contribution in [2.45, 2.75) is 69.9 Å². The van der Waals surface area contributed by atoms with Gasteiger partial charge in [0.15, 0.2) is 11.6 Å². The number of hydrogen-bond donors (Lipinski definition) is 1. The molecule has 3 amide bonds. The molecule has 0 spiro atoms. The maximum atomic E-state index is 14.1. The maximum absolute atomic E-state index is 14.1. The predicted molar refractivity (Wildman–Crippen MR) is 149 cm³/mol. The first-order valence-corrected chi connectivity index (χ1v) is 13.5. The molecule has 210 valence electrons. The zero-order chi connectivity index (χ0) is 27.3. The predicted octanol–water partition coefficient (Wildman–Crippen LogP) is 6.32. The molecule has 1 atom stereocenters. The fourth-order valence-electron chi connectivity index (χ4n) is 5.88. The Morgan fingerprint density at radius 3 is 2.36 bits per heavy atom. The Balaban J connectivity index is 0.00000420. The second-order valence-electron chi connectivity index (χ2n) is 10.5. The Kier molecular flexibility index (Phi) is 10.1. The summed E-state index contributed by atoms with van der Waals surface area (Å²) in [7, 11) is 0. The molecule has 6 nitrogen and oxygen atoms in total. The average Bonchev–Trinajstić information content (AvgIpc) is 3.16. The molecule has 0 aromatic heterocycles. The summed E-state index contributed by atoms with van der Waals surface area (Å²) in [6.45, 7) is 14.5. The zero-order valence-corrected chi connectivity index (χ0v) is 23.5. The molecule has 0 radical (unpaired) electrons. The second kappa shape index (κ2) is 12.9. The summed E-state index contributed by atoms with van der Waals surface area (Å²) in [5, 5.41) is 2.82. The van der Waals surface area contributed by atoms with E-state index < -0.39 is 34.7 Å². The Bertz CT molecular complexity index is 1230. The van der Waals surface area contributed by atoms with Crippen LogP contribution in [0, 0.1) is 25.1 Å². The minimum absolute atomic E-state index is 0. The van der Waals surface area contributed by atoms with Crippen LogP contribution >= 0.6 is 12.4 Å². The molecule has 2 aromatic carbocycles. The quantitative estimate of drug-likeness (QED) is 0.211. The van der Waals surface area contributed by atoms with E-state index in [2.05, 4.69) is 34.1 Å². The van der Waals surface area contributed by atoms with E-state index in [9.17, 15) is 18.4 Å². The highest BCUT2D eigenvalue weighted by atomic mass is 35.5. The molecule has 4 rings (SSSR count). The average molecular weight is 559 g/mol. The molecule has 1 N–H and O–H groups in total. The van der Waals surface area contributed by atoms with Gasteiger partial charge in [-0.05, 0) is 49.6 Å². The number of halogens is 3. The van der Waals surface area contributed by atoms with Gasteiger partial charge >= 0.3 is 6.03 Å². The molecule has 2 saturated heterocycles. The highest BCUT2D eigenvalue weighted by molar-refractivity contribution is 6.07. The number of likely N-dealkylation sites (tertiary alicyclic amines) is 1. The van der Waals surface area contributed by atoms with Crippen molar-refractivity contribution in [1.82, 2.24) is 15.1 Å². The van der Waals surface area contributed by atoms with Gasteiger partial charge < -0.3 is 15.1 Å². The van der Waals surface area contributed by atoms with E-state index in [-0.39, 0.29) is 24.5 Å². The lowest BCUT2D eigenvalue weighted by atomic mass is 9.79. The highest BCUT2D eigenvalue weighted by Crippen LogP contribution is 2.39. The van der Waals surface area contributed by atoms with Gasteiger partial charge in [-0.15, -0.1) is 12.4 Å². The minimum Gasteiger partial charge on any atom is -0.319 e. The van der Waals surface area contributed by atoms with Crippen LogP contribution in [0.1, 0.15) is 68.6 Å². The van der Waals surface area contributed by atoms with E-state index in [0.717, 1.165) is 62.0 Å². The third-order valence-corrected chi connectivity index (χ3v) is 8.14. The van der Waals surface area contributed by atoms with Crippen LogP contribution in [0.2, 0.25) is 0 Å². The fraction of sp³-hybridized carbons (Fsp3) is 0.500. The number of aryl methyl sites for hydroxylation is 1. The van der Waals surface area contributed by atoms with Crippen LogP contribution in [0.3, 0.4) is 0 Å². The lowest BCUT2D eigenvalue weighted by Gasteiger charge is -2.35. The van der Waals surface area contributed by atoms with Crippen molar-refractivity contribution in [1.29, 1.82) is 0 Å². The number of rotatable bonds is 10. The van der Waals surface area contributed by atoms with Gasteiger partial charge in [0.05, 0.1) is 0 Å². The van der Waals surface area contributed by atoms with Crippen LogP contribution in [0.15, 0.2) is 42.5 Å². The summed E-state index contributed by atoms with van der Waals surface area (Å²) in [5.41, 5.74) is 0.629. The van der Waals surface area contributed by atoms with E-state index in [1.807, 2.05) is 19.1 Å². The number of nitrogens with one attached hydrogen (secondary N) is 1. The number of benzene rings is 2. The van der Waals surface area contributed by atoms with Crippen LogP contribution in [-0.4, -0.2) is 47.9 Å². The fourth-order valence-corrected chi connectivity index (χ4v) is 5.88. The number of hydrogen-bond acceptors (Lipinski definition) is 3. The summed E-state index contributed by atoms with van der Waals surface area (Å²) >= 11 is 0. The maximum Gasteiger partial charge on any atom is 0.325 e. The topological polar surface area (TPSA) is 57.0 Å². The third kappa shape index (κ3) is 6.10. The number of urea groups is 1. The standard InChI is InChI=1S/C30H36F2N4O2.ClH/c1-4-5-8-14-30(23-12-13-25(31)26(32)21-23)27(37)36(28(38)34-30)18-9-17-35-19-15-29(33-3,16-20-35)24-11-7-6-10-22(24)2;/h6-7,10-13,21H,4-5,8-9,14-20H2,1-2H3,(H,34,38);1H. The number of unbranched alkanes of at least 4 members (excludes halogenated alkanes) is 2. The van der Waals surface area contributed by atoms with Crippen molar-refractivity contribution in [3.63, 3.8) is 0 Å². The minimum atomic E-state index is -1.38. The van der Waals surface area contributed by atoms with Gasteiger partial charge in [-0.2, -0.15) is 0 Å². The molecule has 2 aliphatic heterocycles. The summed E-state index contributed by atoms with van der Waals surface area (Å²) in [5.74, 6) is -2.43. The largest absolute Gasteiger partial charge is 0.325 e. The molecule has 2 fully saturated rings. The van der Waals surface area contributed by atoms with E-state index >= 15 is 0 Å². The molecule has 0 saturated carbocycles. The van der Waals surface area contributed by atoms with Gasteiger partial charge in [0.2, 0.25) is 0 Å². The van der Waals surface area contributed by atoms with Crippen molar-refractivity contribution in [3.8, 4) is 0 Å². The molecule has 1 unspecified atom stereocenters. The number of nitrogens with zero attached hydrogens (tertiary/aromatic N) is 3. The second-order valence-corrected chi connectivity index (χ2v) is 10.5. The number of carbonyl (C=O) groups is 2. The van der Waals surface area contributed by atoms with Crippen molar-refractivity contribution < 1.29 is 18.4 Å². The SMILES string of the molecule is Cl.[C-]#[N+]C1(c2ccccc2C)CCN(CCCN2C(=O)NC(CCCCC)(c3ccc(F)c(F)c3)C2=O)CC1. The van der Waals surface area contributed by atoms with Crippen molar-refractivity contribution in [2.24, 2.45) is 0 Å². The lowest BCUT2D eigenvalue weighted by molar-refractivity contribution is -0.132. The van der Waals surface area contributed by atoms with Gasteiger partial charge in [0.1, 0.15) is 5.54 Å². The van der Waals surface area contributed by atoms with E-state index in [1.54, 1.807) is 0 Å². The van der Waals surface area contributed by atoms with Crippen molar-refractivity contribution >= 4 is 24.3 Å². The van der Waals surface area contributed by atoms with Crippen LogP contribution < -0.4 is 5.32 Å². The molecule has 2 aromatic rings.